The molecule has 0 spiro atoms. The summed E-state index contributed by atoms with van der Waals surface area (Å²) in [6, 6.07) is 3.00. The van der Waals surface area contributed by atoms with Gasteiger partial charge in [-0.2, -0.15) is 0 Å². The van der Waals surface area contributed by atoms with Crippen LogP contribution in [0.5, 0.6) is 5.75 Å². The molecule has 0 heterocycles. The van der Waals surface area contributed by atoms with E-state index in [9.17, 15) is 9.90 Å². The first kappa shape index (κ1) is 9.31. The number of nitrogen functional groups attached to an aromatic ring is 1. The van der Waals surface area contributed by atoms with E-state index in [1.54, 1.807) is 0 Å². The fraction of sp³-hybridized carbons (Fsp3) is 0.125. The second-order valence-corrected chi connectivity index (χ2v) is 3.50. The van der Waals surface area contributed by atoms with Crippen molar-refractivity contribution >= 4 is 34.1 Å². The Bertz CT molecular complexity index is 336. The molecule has 0 saturated heterocycles. The Morgan fingerprint density at radius 3 is 2.58 bits per heavy atom. The molecule has 0 fully saturated rings. The maximum atomic E-state index is 11.0. The summed E-state index contributed by atoms with van der Waals surface area (Å²) >= 11 is 1.89. The van der Waals surface area contributed by atoms with Crippen LogP contribution < -0.4 is 5.73 Å². The number of rotatable bonds is 1. The van der Waals surface area contributed by atoms with Crippen LogP contribution in [0.3, 0.4) is 0 Å². The third-order valence-corrected chi connectivity index (χ3v) is 2.60. The lowest BCUT2D eigenvalue weighted by Crippen LogP contribution is -2.02. The zero-order chi connectivity index (χ0) is 9.30. The molecular formula is C8H8INO2. The first-order chi connectivity index (χ1) is 5.54. The summed E-state index contributed by atoms with van der Waals surface area (Å²) in [4.78, 5) is 11.0. The Hall–Kier alpha value is -0.780. The molecule has 0 saturated carbocycles. The molecule has 0 atom stereocenters. The van der Waals surface area contributed by atoms with Crippen LogP contribution in [-0.4, -0.2) is 10.9 Å². The molecule has 1 aromatic rings. The van der Waals surface area contributed by atoms with Crippen LogP contribution in [0, 0.1) is 3.57 Å². The number of hydrogen-bond donors (Lipinski definition) is 2. The fourth-order valence-electron chi connectivity index (χ4n) is 0.938. The van der Waals surface area contributed by atoms with Gasteiger partial charge in [0.1, 0.15) is 5.75 Å². The van der Waals surface area contributed by atoms with Crippen LogP contribution in [0.25, 0.3) is 0 Å². The van der Waals surface area contributed by atoms with Crippen molar-refractivity contribution in [1.82, 2.24) is 0 Å². The quantitative estimate of drug-likeness (QED) is 0.356. The molecule has 0 aliphatic heterocycles. The second kappa shape index (κ2) is 3.30. The van der Waals surface area contributed by atoms with Crippen molar-refractivity contribution in [2.45, 2.75) is 6.92 Å². The fourth-order valence-corrected chi connectivity index (χ4v) is 1.81. The highest BCUT2D eigenvalue weighted by Crippen LogP contribution is 2.27. The van der Waals surface area contributed by atoms with E-state index >= 15 is 0 Å². The van der Waals surface area contributed by atoms with E-state index in [4.69, 9.17) is 5.73 Å². The number of ketones is 1. The highest BCUT2D eigenvalue weighted by Gasteiger charge is 2.12. The molecular weight excluding hydrogens is 269 g/mol. The van der Waals surface area contributed by atoms with Crippen LogP contribution >= 0.6 is 22.6 Å². The van der Waals surface area contributed by atoms with E-state index < -0.39 is 0 Å². The molecule has 0 aliphatic carbocycles. The van der Waals surface area contributed by atoms with E-state index in [1.165, 1.54) is 19.1 Å². The summed E-state index contributed by atoms with van der Waals surface area (Å²) in [6.07, 6.45) is 0. The van der Waals surface area contributed by atoms with Gasteiger partial charge in [-0.1, -0.05) is 0 Å². The van der Waals surface area contributed by atoms with E-state index in [1.807, 2.05) is 22.6 Å². The molecule has 64 valence electrons. The first-order valence-electron chi connectivity index (χ1n) is 3.32. The molecule has 0 unspecified atom stereocenters. The summed E-state index contributed by atoms with van der Waals surface area (Å²) in [7, 11) is 0. The van der Waals surface area contributed by atoms with E-state index in [0.717, 1.165) is 0 Å². The number of benzene rings is 1. The van der Waals surface area contributed by atoms with Gasteiger partial charge in [-0.05, 0) is 41.6 Å². The minimum absolute atomic E-state index is 0.0926. The molecule has 1 aromatic carbocycles. The predicted molar refractivity (Wildman–Crippen MR) is 55.2 cm³/mol. The largest absolute Gasteiger partial charge is 0.507 e. The van der Waals surface area contributed by atoms with Gasteiger partial charge >= 0.3 is 0 Å². The third-order valence-electron chi connectivity index (χ3n) is 1.51. The number of carbonyl (C=O) groups is 1. The smallest absolute Gasteiger partial charge is 0.163 e. The molecule has 3 nitrogen and oxygen atoms in total. The molecule has 12 heavy (non-hydrogen) atoms. The molecule has 0 aromatic heterocycles. The zero-order valence-electron chi connectivity index (χ0n) is 6.47. The number of phenolic OH excluding ortho intramolecular Hbond substituents is 1. The summed E-state index contributed by atoms with van der Waals surface area (Å²) < 4.78 is 0.514. The van der Waals surface area contributed by atoms with Crippen molar-refractivity contribution in [3.8, 4) is 5.75 Å². The summed E-state index contributed by atoms with van der Waals surface area (Å²) in [5.74, 6) is -0.0391. The maximum Gasteiger partial charge on any atom is 0.163 e. The van der Waals surface area contributed by atoms with Crippen LogP contribution in [0.4, 0.5) is 5.69 Å². The lowest BCUT2D eigenvalue weighted by atomic mass is 10.1. The Morgan fingerprint density at radius 2 is 2.17 bits per heavy atom. The Balaban J connectivity index is 3.43. The van der Waals surface area contributed by atoms with E-state index in [2.05, 4.69) is 0 Å². The van der Waals surface area contributed by atoms with Gasteiger partial charge in [0.25, 0.3) is 0 Å². The average molecular weight is 277 g/mol. The zero-order valence-corrected chi connectivity index (χ0v) is 8.62. The van der Waals surface area contributed by atoms with Crippen molar-refractivity contribution in [2.75, 3.05) is 5.73 Å². The number of hydrogen-bond acceptors (Lipinski definition) is 3. The van der Waals surface area contributed by atoms with Crippen molar-refractivity contribution in [1.29, 1.82) is 0 Å². The molecule has 0 radical (unpaired) electrons. The van der Waals surface area contributed by atoms with Gasteiger partial charge in [-0.25, -0.2) is 0 Å². The number of carbonyl (C=O) groups excluding carboxylic acids is 1. The van der Waals surface area contributed by atoms with Crippen molar-refractivity contribution < 1.29 is 9.90 Å². The van der Waals surface area contributed by atoms with Crippen LogP contribution in [0.1, 0.15) is 17.3 Å². The highest BCUT2D eigenvalue weighted by molar-refractivity contribution is 14.1. The minimum Gasteiger partial charge on any atom is -0.507 e. The monoisotopic (exact) mass is 277 g/mol. The van der Waals surface area contributed by atoms with Gasteiger partial charge in [0.2, 0.25) is 0 Å². The number of halogens is 1. The van der Waals surface area contributed by atoms with Gasteiger partial charge in [0, 0.05) is 5.69 Å². The van der Waals surface area contributed by atoms with Gasteiger partial charge in [0.15, 0.2) is 5.78 Å². The van der Waals surface area contributed by atoms with Crippen molar-refractivity contribution in [2.24, 2.45) is 0 Å². The number of aromatic hydroxyl groups is 1. The maximum absolute atomic E-state index is 11.0. The Labute approximate surface area is 83.7 Å². The van der Waals surface area contributed by atoms with Crippen molar-refractivity contribution in [3.63, 3.8) is 0 Å². The van der Waals surface area contributed by atoms with Gasteiger partial charge < -0.3 is 10.8 Å². The summed E-state index contributed by atoms with van der Waals surface area (Å²) in [6.45, 7) is 1.42. The Kier molecular flexibility index (Phi) is 2.56. The Morgan fingerprint density at radius 1 is 1.58 bits per heavy atom. The van der Waals surface area contributed by atoms with Gasteiger partial charge in [-0.3, -0.25) is 4.79 Å². The molecule has 0 bridgehead atoms. The number of nitrogens with two attached hydrogens (primary N) is 1. The van der Waals surface area contributed by atoms with Crippen LogP contribution in [-0.2, 0) is 0 Å². The van der Waals surface area contributed by atoms with Crippen LogP contribution in [0.15, 0.2) is 12.1 Å². The normalized spacial score (nSPS) is 9.83. The topological polar surface area (TPSA) is 63.3 Å². The van der Waals surface area contributed by atoms with Gasteiger partial charge in [-0.15, -0.1) is 0 Å². The third kappa shape index (κ3) is 1.52. The molecule has 4 heteroatoms. The van der Waals surface area contributed by atoms with Crippen molar-refractivity contribution in [3.05, 3.63) is 21.3 Å². The average Bonchev–Trinajstić information content (AvgIpc) is 1.97. The number of Topliss-reactive ketones (excluding diaryl/α,β-unsaturated/α-hetero) is 1. The van der Waals surface area contributed by atoms with E-state index in [-0.39, 0.29) is 11.5 Å². The SMILES string of the molecule is CC(=O)c1c(N)ccc(O)c1I. The highest BCUT2D eigenvalue weighted by atomic mass is 127. The summed E-state index contributed by atoms with van der Waals surface area (Å²) in [5, 5.41) is 9.26. The first-order valence-corrected chi connectivity index (χ1v) is 4.39. The van der Waals surface area contributed by atoms with E-state index in [0.29, 0.717) is 14.8 Å². The standard InChI is InChI=1S/C8H8INO2/c1-4(11)7-5(10)2-3-6(12)8(7)9/h2-3,12H,10H2,1H3. The number of anilines is 1. The van der Waals surface area contributed by atoms with Crippen LogP contribution in [0.2, 0.25) is 0 Å². The minimum atomic E-state index is -0.132. The molecule has 3 N–H and O–H groups in total. The molecule has 0 amide bonds. The molecule has 0 aliphatic rings. The lowest BCUT2D eigenvalue weighted by molar-refractivity contribution is 0.101. The summed E-state index contributed by atoms with van der Waals surface area (Å²) in [5.41, 5.74) is 6.36. The number of phenols is 1. The van der Waals surface area contributed by atoms with Gasteiger partial charge in [0.05, 0.1) is 9.13 Å². The molecule has 1 rings (SSSR count). The predicted octanol–water partition coefficient (Wildman–Crippen LogP) is 1.78. The lowest BCUT2D eigenvalue weighted by Gasteiger charge is -2.05. The second-order valence-electron chi connectivity index (χ2n) is 2.42.